The zero-order valence-corrected chi connectivity index (χ0v) is 14.7. The van der Waals surface area contributed by atoms with Crippen LogP contribution < -0.4 is 0 Å². The molecule has 2 atom stereocenters. The SMILES string of the molecule is CCC1C(=O)C(c2c(C)cc(C)cc2C)C(=O)N1C1CCCC1. The number of hydrogen-bond donors (Lipinski definition) is 0. The van der Waals surface area contributed by atoms with Crippen molar-refractivity contribution in [3.8, 4) is 0 Å². The van der Waals surface area contributed by atoms with Gasteiger partial charge in [0.25, 0.3) is 0 Å². The number of carbonyl (C=O) groups is 2. The van der Waals surface area contributed by atoms with Gasteiger partial charge in [-0.2, -0.15) is 0 Å². The molecule has 1 aliphatic carbocycles. The molecule has 1 saturated heterocycles. The number of carbonyl (C=O) groups excluding carboxylic acids is 2. The quantitative estimate of drug-likeness (QED) is 0.795. The van der Waals surface area contributed by atoms with Gasteiger partial charge in [0.05, 0.1) is 6.04 Å². The predicted molar refractivity (Wildman–Crippen MR) is 91.6 cm³/mol. The van der Waals surface area contributed by atoms with Crippen LogP contribution in [0.4, 0.5) is 0 Å². The van der Waals surface area contributed by atoms with Crippen molar-refractivity contribution in [2.45, 2.75) is 77.8 Å². The highest BCUT2D eigenvalue weighted by Gasteiger charge is 2.50. The summed E-state index contributed by atoms with van der Waals surface area (Å²) < 4.78 is 0. The van der Waals surface area contributed by atoms with Gasteiger partial charge in [-0.3, -0.25) is 9.59 Å². The van der Waals surface area contributed by atoms with E-state index in [0.717, 1.165) is 36.0 Å². The summed E-state index contributed by atoms with van der Waals surface area (Å²) >= 11 is 0. The van der Waals surface area contributed by atoms with Crippen LogP contribution in [0.3, 0.4) is 0 Å². The first-order valence-corrected chi connectivity index (χ1v) is 8.89. The summed E-state index contributed by atoms with van der Waals surface area (Å²) in [7, 11) is 0. The molecule has 2 fully saturated rings. The molecule has 1 aromatic rings. The van der Waals surface area contributed by atoms with Crippen LogP contribution in [-0.4, -0.2) is 28.7 Å². The second kappa shape index (κ2) is 6.10. The molecule has 3 rings (SSSR count). The summed E-state index contributed by atoms with van der Waals surface area (Å²) in [6, 6.07) is 4.22. The van der Waals surface area contributed by atoms with Gasteiger partial charge in [0.15, 0.2) is 5.78 Å². The average Bonchev–Trinajstić information content (AvgIpc) is 3.07. The Balaban J connectivity index is 2.03. The molecular weight excluding hydrogens is 286 g/mol. The van der Waals surface area contributed by atoms with Crippen molar-refractivity contribution in [2.24, 2.45) is 0 Å². The number of benzene rings is 1. The highest BCUT2D eigenvalue weighted by atomic mass is 16.2. The number of amides is 1. The molecule has 3 heteroatoms. The van der Waals surface area contributed by atoms with Crippen LogP contribution in [0.15, 0.2) is 12.1 Å². The van der Waals surface area contributed by atoms with Crippen LogP contribution >= 0.6 is 0 Å². The molecule has 23 heavy (non-hydrogen) atoms. The van der Waals surface area contributed by atoms with E-state index in [4.69, 9.17) is 0 Å². The van der Waals surface area contributed by atoms with E-state index in [1.165, 1.54) is 18.4 Å². The zero-order chi connectivity index (χ0) is 16.7. The Morgan fingerprint density at radius 1 is 1.04 bits per heavy atom. The van der Waals surface area contributed by atoms with Crippen molar-refractivity contribution >= 4 is 11.7 Å². The number of hydrogen-bond acceptors (Lipinski definition) is 2. The second-order valence-electron chi connectivity index (χ2n) is 7.26. The van der Waals surface area contributed by atoms with Gasteiger partial charge in [0.2, 0.25) is 5.91 Å². The summed E-state index contributed by atoms with van der Waals surface area (Å²) in [4.78, 5) is 28.2. The summed E-state index contributed by atoms with van der Waals surface area (Å²) in [6.45, 7) is 8.13. The first kappa shape index (κ1) is 16.2. The first-order valence-electron chi connectivity index (χ1n) is 8.89. The summed E-state index contributed by atoms with van der Waals surface area (Å²) in [5.41, 5.74) is 4.26. The van der Waals surface area contributed by atoms with E-state index < -0.39 is 5.92 Å². The van der Waals surface area contributed by atoms with Gasteiger partial charge in [0, 0.05) is 6.04 Å². The highest BCUT2D eigenvalue weighted by molar-refractivity contribution is 6.15. The van der Waals surface area contributed by atoms with E-state index in [9.17, 15) is 9.59 Å². The fourth-order valence-corrected chi connectivity index (χ4v) is 4.68. The number of Topliss-reactive ketones (excluding diaryl/α,β-unsaturated/α-hetero) is 1. The minimum atomic E-state index is -0.582. The molecule has 3 nitrogen and oxygen atoms in total. The highest BCUT2D eigenvalue weighted by Crippen LogP contribution is 2.39. The van der Waals surface area contributed by atoms with Crippen molar-refractivity contribution in [3.05, 3.63) is 34.4 Å². The van der Waals surface area contributed by atoms with Crippen molar-refractivity contribution in [1.82, 2.24) is 4.90 Å². The maximum absolute atomic E-state index is 13.2. The van der Waals surface area contributed by atoms with Crippen molar-refractivity contribution < 1.29 is 9.59 Å². The third kappa shape index (κ3) is 2.60. The lowest BCUT2D eigenvalue weighted by Crippen LogP contribution is -2.42. The molecule has 1 heterocycles. The Morgan fingerprint density at radius 2 is 1.61 bits per heavy atom. The van der Waals surface area contributed by atoms with E-state index in [1.807, 2.05) is 25.7 Å². The van der Waals surface area contributed by atoms with E-state index in [-0.39, 0.29) is 23.8 Å². The molecular formula is C20H27NO2. The Hall–Kier alpha value is -1.64. The Labute approximate surface area is 139 Å². The van der Waals surface area contributed by atoms with Crippen molar-refractivity contribution in [2.75, 3.05) is 0 Å². The lowest BCUT2D eigenvalue weighted by atomic mass is 9.86. The molecule has 1 aromatic carbocycles. The van der Waals surface area contributed by atoms with Crippen LogP contribution in [0.25, 0.3) is 0 Å². The van der Waals surface area contributed by atoms with Gasteiger partial charge >= 0.3 is 0 Å². The molecule has 0 radical (unpaired) electrons. The predicted octanol–water partition coefficient (Wildman–Crippen LogP) is 3.83. The molecule has 124 valence electrons. The third-order valence-electron chi connectivity index (χ3n) is 5.58. The normalized spacial score (nSPS) is 25.7. The number of ketones is 1. The lowest BCUT2D eigenvalue weighted by molar-refractivity contribution is -0.132. The molecule has 1 amide bonds. The van der Waals surface area contributed by atoms with Gasteiger partial charge in [-0.05, 0) is 56.7 Å². The van der Waals surface area contributed by atoms with E-state index >= 15 is 0 Å². The fraction of sp³-hybridized carbons (Fsp3) is 0.600. The topological polar surface area (TPSA) is 37.4 Å². The number of aryl methyl sites for hydroxylation is 3. The standard InChI is InChI=1S/C20H27NO2/c1-5-16-19(22)18(17-13(3)10-12(2)11-14(17)4)20(23)21(16)15-8-6-7-9-15/h10-11,15-16,18H,5-9H2,1-4H3. The Kier molecular flexibility index (Phi) is 4.31. The van der Waals surface area contributed by atoms with E-state index in [1.54, 1.807) is 0 Å². The largest absolute Gasteiger partial charge is 0.329 e. The Bertz CT molecular complexity index is 620. The van der Waals surface area contributed by atoms with Gasteiger partial charge < -0.3 is 4.90 Å². The third-order valence-corrected chi connectivity index (χ3v) is 5.58. The Morgan fingerprint density at radius 3 is 2.13 bits per heavy atom. The monoisotopic (exact) mass is 313 g/mol. The van der Waals surface area contributed by atoms with E-state index in [0.29, 0.717) is 0 Å². The summed E-state index contributed by atoms with van der Waals surface area (Å²) in [5.74, 6) is -0.426. The molecule has 1 aliphatic heterocycles. The van der Waals surface area contributed by atoms with Gasteiger partial charge in [-0.15, -0.1) is 0 Å². The van der Waals surface area contributed by atoms with Crippen LogP contribution in [-0.2, 0) is 9.59 Å². The van der Waals surface area contributed by atoms with Crippen molar-refractivity contribution in [1.29, 1.82) is 0 Å². The smallest absolute Gasteiger partial charge is 0.238 e. The minimum Gasteiger partial charge on any atom is -0.329 e. The number of likely N-dealkylation sites (tertiary alicyclic amines) is 1. The second-order valence-corrected chi connectivity index (χ2v) is 7.26. The van der Waals surface area contributed by atoms with Crippen molar-refractivity contribution in [3.63, 3.8) is 0 Å². The maximum Gasteiger partial charge on any atom is 0.238 e. The molecule has 0 N–H and O–H groups in total. The van der Waals surface area contributed by atoms with Gasteiger partial charge in [-0.25, -0.2) is 0 Å². The molecule has 2 aliphatic rings. The van der Waals surface area contributed by atoms with Gasteiger partial charge in [0.1, 0.15) is 5.92 Å². The van der Waals surface area contributed by atoms with Crippen LogP contribution in [0.1, 0.15) is 67.2 Å². The fourth-order valence-electron chi connectivity index (χ4n) is 4.68. The van der Waals surface area contributed by atoms with Gasteiger partial charge in [-0.1, -0.05) is 37.5 Å². The summed E-state index contributed by atoms with van der Waals surface area (Å²) in [6.07, 6.45) is 5.17. The zero-order valence-electron chi connectivity index (χ0n) is 14.7. The first-order chi connectivity index (χ1) is 11.0. The minimum absolute atomic E-state index is 0.0452. The van der Waals surface area contributed by atoms with Crippen LogP contribution in [0.2, 0.25) is 0 Å². The molecule has 0 aromatic heterocycles. The molecule has 2 unspecified atom stereocenters. The number of nitrogens with zero attached hydrogens (tertiary/aromatic N) is 1. The van der Waals surface area contributed by atoms with E-state index in [2.05, 4.69) is 19.1 Å². The number of rotatable bonds is 3. The maximum atomic E-state index is 13.2. The average molecular weight is 313 g/mol. The van der Waals surface area contributed by atoms with Crippen LogP contribution in [0.5, 0.6) is 0 Å². The molecule has 1 saturated carbocycles. The molecule has 0 spiro atoms. The van der Waals surface area contributed by atoms with Crippen LogP contribution in [0, 0.1) is 20.8 Å². The summed E-state index contributed by atoms with van der Waals surface area (Å²) in [5, 5.41) is 0. The molecule has 0 bridgehead atoms. The lowest BCUT2D eigenvalue weighted by Gasteiger charge is -2.29.